The molecule has 2 aromatic rings. The molecule has 1 heterocycles. The van der Waals surface area contributed by atoms with Crippen LogP contribution in [0, 0.1) is 0 Å². The average molecular weight is 338 g/mol. The maximum Gasteiger partial charge on any atom is 0.319 e. The van der Waals surface area contributed by atoms with Gasteiger partial charge in [0, 0.05) is 19.8 Å². The number of nitrogens with one attached hydrogen (secondary N) is 2. The molecule has 0 saturated carbocycles. The molecule has 0 aliphatic rings. The highest BCUT2D eigenvalue weighted by molar-refractivity contribution is 5.90. The van der Waals surface area contributed by atoms with Crippen molar-refractivity contribution in [2.24, 2.45) is 7.05 Å². The number of carbonyl (C=O) groups is 1. The van der Waals surface area contributed by atoms with Crippen molar-refractivity contribution < 1.29 is 18.3 Å². The molecule has 1 aromatic carbocycles. The zero-order valence-electron chi connectivity index (χ0n) is 13.3. The van der Waals surface area contributed by atoms with E-state index in [4.69, 9.17) is 4.74 Å². The molecule has 0 radical (unpaired) electrons. The minimum absolute atomic E-state index is 0.211. The van der Waals surface area contributed by atoms with E-state index in [0.29, 0.717) is 12.2 Å². The highest BCUT2D eigenvalue weighted by Crippen LogP contribution is 2.24. The fourth-order valence-electron chi connectivity index (χ4n) is 2.11. The number of aryl methyl sites for hydroxylation is 2. The second-order valence-electron chi connectivity index (χ2n) is 5.20. The number of nitrogens with zero attached hydrogens (tertiary/aromatic N) is 2. The molecule has 0 fully saturated rings. The van der Waals surface area contributed by atoms with E-state index >= 15 is 0 Å². The first-order valence-electron chi connectivity index (χ1n) is 7.57. The van der Waals surface area contributed by atoms with E-state index in [9.17, 15) is 13.6 Å². The van der Waals surface area contributed by atoms with Crippen molar-refractivity contribution in [1.82, 2.24) is 15.1 Å². The van der Waals surface area contributed by atoms with Crippen molar-refractivity contribution in [2.45, 2.75) is 19.3 Å². The lowest BCUT2D eigenvalue weighted by atomic mass is 10.2. The largest absolute Gasteiger partial charge is 0.485 e. The monoisotopic (exact) mass is 338 g/mol. The number of halogens is 2. The van der Waals surface area contributed by atoms with E-state index in [1.807, 2.05) is 13.2 Å². The molecule has 6 nitrogen and oxygen atoms in total. The van der Waals surface area contributed by atoms with Gasteiger partial charge in [0.05, 0.1) is 11.9 Å². The second-order valence-corrected chi connectivity index (χ2v) is 5.20. The molecular weight excluding hydrogens is 318 g/mol. The van der Waals surface area contributed by atoms with Crippen molar-refractivity contribution in [2.75, 3.05) is 18.5 Å². The Morgan fingerprint density at radius 1 is 1.38 bits per heavy atom. The molecular formula is C16H20F2N4O2. The van der Waals surface area contributed by atoms with Gasteiger partial charge in [0.2, 0.25) is 0 Å². The first kappa shape index (κ1) is 17.7. The lowest BCUT2D eigenvalue weighted by Crippen LogP contribution is -2.30. The van der Waals surface area contributed by atoms with E-state index < -0.39 is 19.1 Å². The normalized spacial score (nSPS) is 10.7. The predicted octanol–water partition coefficient (Wildman–Crippen LogP) is 2.82. The molecule has 0 aliphatic carbocycles. The number of urea groups is 1. The van der Waals surface area contributed by atoms with Crippen LogP contribution in [0.3, 0.4) is 0 Å². The molecule has 2 amide bonds. The summed E-state index contributed by atoms with van der Waals surface area (Å²) in [5.41, 5.74) is 1.45. The van der Waals surface area contributed by atoms with Crippen molar-refractivity contribution in [3.05, 3.63) is 42.2 Å². The van der Waals surface area contributed by atoms with Crippen LogP contribution in [0.25, 0.3) is 0 Å². The van der Waals surface area contributed by atoms with Gasteiger partial charge in [-0.25, -0.2) is 13.6 Å². The predicted molar refractivity (Wildman–Crippen MR) is 86.5 cm³/mol. The van der Waals surface area contributed by atoms with Gasteiger partial charge in [-0.15, -0.1) is 0 Å². The molecule has 0 atom stereocenters. The number of anilines is 1. The fraction of sp³-hybridized carbons (Fsp3) is 0.375. The number of rotatable bonds is 8. The van der Waals surface area contributed by atoms with E-state index in [-0.39, 0.29) is 5.75 Å². The maximum absolute atomic E-state index is 12.2. The molecule has 1 aromatic heterocycles. The standard InChI is InChI=1S/C16H20F2N4O2/c1-22-10-12(9-20-22)5-4-8-19-16(23)21-13-6-2-3-7-14(13)24-11-15(17)18/h2-3,6-7,9-10,15H,4-5,8,11H2,1H3,(H2,19,21,23). The van der Waals surface area contributed by atoms with Gasteiger partial charge in [-0.1, -0.05) is 12.1 Å². The Bertz CT molecular complexity index is 661. The Hall–Kier alpha value is -2.64. The SMILES string of the molecule is Cn1cc(CCCNC(=O)Nc2ccccc2OCC(F)F)cn1. The Labute approximate surface area is 138 Å². The van der Waals surface area contributed by atoms with Crippen LogP contribution in [0.2, 0.25) is 0 Å². The Kier molecular flexibility index (Phi) is 6.53. The molecule has 130 valence electrons. The zero-order chi connectivity index (χ0) is 17.4. The minimum Gasteiger partial charge on any atom is -0.485 e. The van der Waals surface area contributed by atoms with Crippen LogP contribution in [0.4, 0.5) is 19.3 Å². The number of alkyl halides is 2. The number of benzene rings is 1. The molecule has 0 spiro atoms. The molecule has 8 heteroatoms. The van der Waals surface area contributed by atoms with Gasteiger partial charge in [-0.05, 0) is 30.5 Å². The summed E-state index contributed by atoms with van der Waals surface area (Å²) in [4.78, 5) is 11.9. The van der Waals surface area contributed by atoms with Crippen molar-refractivity contribution in [3.63, 3.8) is 0 Å². The van der Waals surface area contributed by atoms with Gasteiger partial charge in [-0.3, -0.25) is 4.68 Å². The van der Waals surface area contributed by atoms with E-state index in [1.54, 1.807) is 29.1 Å². The number of carbonyl (C=O) groups excluding carboxylic acids is 1. The molecule has 2 rings (SSSR count). The lowest BCUT2D eigenvalue weighted by molar-refractivity contribution is 0.0823. The summed E-state index contributed by atoms with van der Waals surface area (Å²) in [7, 11) is 1.85. The number of amides is 2. The fourth-order valence-corrected chi connectivity index (χ4v) is 2.11. The second kappa shape index (κ2) is 8.85. The van der Waals surface area contributed by atoms with Crippen LogP contribution in [-0.2, 0) is 13.5 Å². The first-order chi connectivity index (χ1) is 11.5. The Morgan fingerprint density at radius 3 is 2.88 bits per heavy atom. The summed E-state index contributed by atoms with van der Waals surface area (Å²) in [6.45, 7) is -0.230. The lowest BCUT2D eigenvalue weighted by Gasteiger charge is -2.12. The van der Waals surface area contributed by atoms with Crippen molar-refractivity contribution in [3.8, 4) is 5.75 Å². The van der Waals surface area contributed by atoms with Gasteiger partial charge in [0.25, 0.3) is 6.43 Å². The molecule has 0 aliphatic heterocycles. The van der Waals surface area contributed by atoms with Crippen LogP contribution in [0.1, 0.15) is 12.0 Å². The third-order valence-corrected chi connectivity index (χ3v) is 3.19. The molecule has 0 saturated heterocycles. The number of para-hydroxylation sites is 2. The summed E-state index contributed by atoms with van der Waals surface area (Å²) in [6, 6.07) is 6.05. The summed E-state index contributed by atoms with van der Waals surface area (Å²) in [5, 5.41) is 9.40. The molecule has 2 N–H and O–H groups in total. The molecule has 0 bridgehead atoms. The Balaban J connectivity index is 1.75. The highest BCUT2D eigenvalue weighted by atomic mass is 19.3. The van der Waals surface area contributed by atoms with Crippen LogP contribution in [0.15, 0.2) is 36.7 Å². The average Bonchev–Trinajstić information content (AvgIpc) is 2.96. The van der Waals surface area contributed by atoms with Crippen molar-refractivity contribution >= 4 is 11.7 Å². The number of aromatic nitrogens is 2. The number of hydrogen-bond donors (Lipinski definition) is 2. The molecule has 24 heavy (non-hydrogen) atoms. The summed E-state index contributed by atoms with van der Waals surface area (Å²) < 4.78 is 31.2. The smallest absolute Gasteiger partial charge is 0.319 e. The van der Waals surface area contributed by atoms with Gasteiger partial charge in [0.15, 0.2) is 0 Å². The quantitative estimate of drug-likeness (QED) is 0.727. The van der Waals surface area contributed by atoms with Gasteiger partial charge in [-0.2, -0.15) is 5.10 Å². The van der Waals surface area contributed by atoms with Crippen LogP contribution >= 0.6 is 0 Å². The van der Waals surface area contributed by atoms with Crippen molar-refractivity contribution in [1.29, 1.82) is 0 Å². The van der Waals surface area contributed by atoms with E-state index in [0.717, 1.165) is 18.4 Å². The Morgan fingerprint density at radius 2 is 2.17 bits per heavy atom. The summed E-state index contributed by atoms with van der Waals surface area (Å²) in [6.07, 6.45) is 2.72. The third kappa shape index (κ3) is 5.86. The van der Waals surface area contributed by atoms with Gasteiger partial charge in [0.1, 0.15) is 12.4 Å². The number of hydrogen-bond acceptors (Lipinski definition) is 3. The summed E-state index contributed by atoms with van der Waals surface area (Å²) >= 11 is 0. The molecule has 0 unspecified atom stereocenters. The van der Waals surface area contributed by atoms with E-state index in [1.165, 1.54) is 6.07 Å². The van der Waals surface area contributed by atoms with Crippen LogP contribution in [0.5, 0.6) is 5.75 Å². The van der Waals surface area contributed by atoms with E-state index in [2.05, 4.69) is 15.7 Å². The zero-order valence-corrected chi connectivity index (χ0v) is 13.3. The first-order valence-corrected chi connectivity index (χ1v) is 7.57. The van der Waals surface area contributed by atoms with Gasteiger partial charge >= 0.3 is 6.03 Å². The van der Waals surface area contributed by atoms with Gasteiger partial charge < -0.3 is 15.4 Å². The maximum atomic E-state index is 12.2. The highest BCUT2D eigenvalue weighted by Gasteiger charge is 2.09. The number of ether oxygens (including phenoxy) is 1. The topological polar surface area (TPSA) is 68.2 Å². The third-order valence-electron chi connectivity index (χ3n) is 3.19. The minimum atomic E-state index is -2.57. The summed E-state index contributed by atoms with van der Waals surface area (Å²) in [5.74, 6) is 0.211. The van der Waals surface area contributed by atoms with Crippen LogP contribution < -0.4 is 15.4 Å². The van der Waals surface area contributed by atoms with Crippen LogP contribution in [-0.4, -0.2) is 35.4 Å².